The summed E-state index contributed by atoms with van der Waals surface area (Å²) in [6.07, 6.45) is 0.213. The Kier molecular flexibility index (Phi) is 11.3. The molecule has 1 unspecified atom stereocenters. The molecule has 192 valence electrons. The summed E-state index contributed by atoms with van der Waals surface area (Å²) in [5.74, 6) is 0.270. The Balaban J connectivity index is 0.000000981. The van der Waals surface area contributed by atoms with Crippen LogP contribution < -0.4 is 5.32 Å². The molecule has 1 aliphatic rings. The number of nitrogens with one attached hydrogen (secondary N) is 1. The molecule has 10 nitrogen and oxygen atoms in total. The minimum absolute atomic E-state index is 0.0825. The molecule has 1 aromatic heterocycles. The van der Waals surface area contributed by atoms with Gasteiger partial charge in [-0.2, -0.15) is 5.10 Å². The fourth-order valence-electron chi connectivity index (χ4n) is 3.50. The molecule has 2 rings (SSSR count). The molecule has 1 aliphatic heterocycles. The van der Waals surface area contributed by atoms with Crippen LogP contribution >= 0.6 is 15.9 Å². The average Bonchev–Trinajstić information content (AvgIpc) is 2.94. The maximum absolute atomic E-state index is 12.3. The van der Waals surface area contributed by atoms with Crippen LogP contribution in [-0.4, -0.2) is 84.1 Å². The van der Waals surface area contributed by atoms with Gasteiger partial charge in [-0.25, -0.2) is 13.2 Å². The Morgan fingerprint density at radius 2 is 1.85 bits per heavy atom. The number of carbonyl (C=O) groups excluding carboxylic acids is 1. The Labute approximate surface area is 206 Å². The van der Waals surface area contributed by atoms with Crippen LogP contribution in [0.2, 0.25) is 0 Å². The second-order valence-electron chi connectivity index (χ2n) is 9.34. The number of amides is 1. The zero-order chi connectivity index (χ0) is 25.4. The summed E-state index contributed by atoms with van der Waals surface area (Å²) >= 11 is 3.53. The van der Waals surface area contributed by atoms with E-state index in [0.29, 0.717) is 26.0 Å². The predicted molar refractivity (Wildman–Crippen MR) is 129 cm³/mol. The number of quaternary nitrogens is 1. The van der Waals surface area contributed by atoms with Gasteiger partial charge in [0.2, 0.25) is 0 Å². The highest BCUT2D eigenvalue weighted by Crippen LogP contribution is 2.22. The number of alkyl carbamates (subject to hydrolysis) is 1. The van der Waals surface area contributed by atoms with E-state index in [1.165, 1.54) is 5.69 Å². The Hall–Kier alpha value is -1.21. The summed E-state index contributed by atoms with van der Waals surface area (Å²) in [6.45, 7) is 18.4. The van der Waals surface area contributed by atoms with Gasteiger partial charge in [0.15, 0.2) is 0 Å². The fraction of sp³-hybridized carbons (Fsp3) is 0.810. The van der Waals surface area contributed by atoms with E-state index in [1.807, 2.05) is 25.5 Å². The first-order chi connectivity index (χ1) is 15.1. The van der Waals surface area contributed by atoms with E-state index in [2.05, 4.69) is 53.2 Å². The summed E-state index contributed by atoms with van der Waals surface area (Å²) < 4.78 is 41.9. The molecule has 1 N–H and O–H groups in total. The molecule has 2 heterocycles. The van der Waals surface area contributed by atoms with Crippen molar-refractivity contribution in [3.05, 3.63) is 16.4 Å². The first-order valence-corrected chi connectivity index (χ1v) is 13.8. The summed E-state index contributed by atoms with van der Waals surface area (Å²) in [5, 5.41) is 7.69. The number of rotatable bonds is 9. The highest BCUT2D eigenvalue weighted by molar-refractivity contribution is 9.10. The van der Waals surface area contributed by atoms with E-state index in [-0.39, 0.29) is 12.0 Å². The van der Waals surface area contributed by atoms with Crippen molar-refractivity contribution >= 4 is 32.1 Å². The standard InChI is InChI=1S/C20H35BrN4O3.CH4O3S/c1-7-25(8-2,9-3)12-16-10-18(21)23-24(16)11-17(15-13-27-14-15)22-19(26)28-20(4,5)6;1-5(2,3)4/h10,15,17H,7-9,11-14H2,1-6H3;1H3,(H,2,3,4). The van der Waals surface area contributed by atoms with Crippen LogP contribution in [0.1, 0.15) is 47.2 Å². The van der Waals surface area contributed by atoms with Crippen LogP contribution in [0, 0.1) is 5.92 Å². The molecular weight excluding hydrogens is 516 g/mol. The molecule has 33 heavy (non-hydrogen) atoms. The van der Waals surface area contributed by atoms with Crippen molar-refractivity contribution in [2.75, 3.05) is 39.1 Å². The quantitative estimate of drug-likeness (QED) is 0.367. The lowest BCUT2D eigenvalue weighted by Crippen LogP contribution is -2.52. The third-order valence-corrected chi connectivity index (χ3v) is 6.04. The van der Waals surface area contributed by atoms with Gasteiger partial charge in [-0.15, -0.1) is 0 Å². The van der Waals surface area contributed by atoms with Gasteiger partial charge in [0.05, 0.1) is 61.2 Å². The highest BCUT2D eigenvalue weighted by Gasteiger charge is 2.33. The minimum atomic E-state index is -3.92. The maximum atomic E-state index is 12.3. The molecule has 1 fully saturated rings. The summed E-state index contributed by atoms with van der Waals surface area (Å²) in [7, 11) is -3.92. The lowest BCUT2D eigenvalue weighted by atomic mass is 9.98. The highest BCUT2D eigenvalue weighted by atomic mass is 79.9. The van der Waals surface area contributed by atoms with Gasteiger partial charge in [0.1, 0.15) is 16.7 Å². The molecule has 1 atom stereocenters. The van der Waals surface area contributed by atoms with E-state index < -0.39 is 21.8 Å². The van der Waals surface area contributed by atoms with Crippen molar-refractivity contribution in [2.24, 2.45) is 5.92 Å². The number of hydrogen-bond donors (Lipinski definition) is 1. The first kappa shape index (κ1) is 29.8. The summed E-state index contributed by atoms with van der Waals surface area (Å²) in [4.78, 5) is 12.3. The van der Waals surface area contributed by atoms with Crippen LogP contribution in [-0.2, 0) is 32.7 Å². The molecular formula is C21H39BrN4O6S. The SMILES string of the molecule is CC[N+](CC)(CC)Cc1cc(Br)nn1CC(NC(=O)OC(C)(C)C)C1COC1.CS(=O)(=O)[O-]. The van der Waals surface area contributed by atoms with Crippen LogP contribution in [0.3, 0.4) is 0 Å². The molecule has 0 saturated carbocycles. The van der Waals surface area contributed by atoms with Crippen LogP contribution in [0.4, 0.5) is 4.79 Å². The molecule has 1 saturated heterocycles. The molecule has 0 radical (unpaired) electrons. The van der Waals surface area contributed by atoms with Crippen molar-refractivity contribution < 1.29 is 31.7 Å². The number of hydrogen-bond acceptors (Lipinski definition) is 7. The third-order valence-electron chi connectivity index (χ3n) is 5.65. The summed E-state index contributed by atoms with van der Waals surface area (Å²) in [6, 6.07) is 2.01. The number of nitrogens with zero attached hydrogens (tertiary/aromatic N) is 3. The largest absolute Gasteiger partial charge is 0.748 e. The lowest BCUT2D eigenvalue weighted by Gasteiger charge is -2.37. The fourth-order valence-corrected chi connectivity index (χ4v) is 3.96. The van der Waals surface area contributed by atoms with Crippen LogP contribution in [0.25, 0.3) is 0 Å². The van der Waals surface area contributed by atoms with E-state index in [4.69, 9.17) is 22.4 Å². The Morgan fingerprint density at radius 3 is 2.24 bits per heavy atom. The zero-order valence-corrected chi connectivity index (χ0v) is 23.2. The topological polar surface area (TPSA) is 123 Å². The van der Waals surface area contributed by atoms with Gasteiger partial charge >= 0.3 is 6.09 Å². The van der Waals surface area contributed by atoms with Crippen molar-refractivity contribution in [2.45, 2.75) is 66.3 Å². The Morgan fingerprint density at radius 1 is 1.33 bits per heavy atom. The van der Waals surface area contributed by atoms with E-state index in [9.17, 15) is 4.79 Å². The molecule has 0 bridgehead atoms. The van der Waals surface area contributed by atoms with Gasteiger partial charge in [-0.3, -0.25) is 4.68 Å². The Bertz CT molecular complexity index is 844. The first-order valence-electron chi connectivity index (χ1n) is 11.2. The van der Waals surface area contributed by atoms with E-state index in [0.717, 1.165) is 35.3 Å². The second kappa shape index (κ2) is 12.5. The van der Waals surface area contributed by atoms with Gasteiger partial charge in [-0.05, 0) is 63.5 Å². The van der Waals surface area contributed by atoms with Crippen LogP contribution in [0.5, 0.6) is 0 Å². The van der Waals surface area contributed by atoms with Gasteiger partial charge < -0.3 is 23.8 Å². The molecule has 1 aromatic rings. The number of carbonyl (C=O) groups is 1. The maximum Gasteiger partial charge on any atom is 0.407 e. The molecule has 0 spiro atoms. The van der Waals surface area contributed by atoms with Gasteiger partial charge in [0.25, 0.3) is 0 Å². The minimum Gasteiger partial charge on any atom is -0.748 e. The molecule has 0 aromatic carbocycles. The number of ether oxygens (including phenoxy) is 2. The second-order valence-corrected chi connectivity index (χ2v) is 11.6. The zero-order valence-electron chi connectivity index (χ0n) is 20.8. The van der Waals surface area contributed by atoms with Gasteiger partial charge in [-0.1, -0.05) is 0 Å². The van der Waals surface area contributed by atoms with E-state index >= 15 is 0 Å². The van der Waals surface area contributed by atoms with Gasteiger partial charge in [0, 0.05) is 12.2 Å². The average molecular weight is 556 g/mol. The smallest absolute Gasteiger partial charge is 0.407 e. The van der Waals surface area contributed by atoms with E-state index in [1.54, 1.807) is 0 Å². The van der Waals surface area contributed by atoms with Crippen molar-refractivity contribution in [3.8, 4) is 0 Å². The molecule has 1 amide bonds. The number of aromatic nitrogens is 2. The molecule has 0 aliphatic carbocycles. The number of halogens is 1. The van der Waals surface area contributed by atoms with Crippen LogP contribution in [0.15, 0.2) is 10.7 Å². The third kappa shape index (κ3) is 11.2. The normalized spacial score (nSPS) is 15.8. The molecule has 12 heteroatoms. The lowest BCUT2D eigenvalue weighted by molar-refractivity contribution is -0.936. The monoisotopic (exact) mass is 554 g/mol. The van der Waals surface area contributed by atoms with Crippen molar-refractivity contribution in [3.63, 3.8) is 0 Å². The van der Waals surface area contributed by atoms with Crippen molar-refractivity contribution in [1.29, 1.82) is 0 Å². The van der Waals surface area contributed by atoms with Crippen molar-refractivity contribution in [1.82, 2.24) is 15.1 Å². The predicted octanol–water partition coefficient (Wildman–Crippen LogP) is 2.72. The summed E-state index contributed by atoms with van der Waals surface area (Å²) in [5.41, 5.74) is 0.652.